The van der Waals surface area contributed by atoms with Gasteiger partial charge < -0.3 is 19.8 Å². The number of piperidine rings is 1. The van der Waals surface area contributed by atoms with E-state index in [4.69, 9.17) is 9.47 Å². The van der Waals surface area contributed by atoms with Crippen molar-refractivity contribution >= 4 is 11.0 Å². The van der Waals surface area contributed by atoms with E-state index in [1.807, 2.05) is 18.2 Å². The largest absolute Gasteiger partial charge is 0.497 e. The minimum Gasteiger partial charge on any atom is -0.497 e. The van der Waals surface area contributed by atoms with Crippen LogP contribution in [0.25, 0.3) is 11.0 Å². The summed E-state index contributed by atoms with van der Waals surface area (Å²) in [6, 6.07) is 5.87. The van der Waals surface area contributed by atoms with E-state index in [0.717, 1.165) is 61.6 Å². The van der Waals surface area contributed by atoms with E-state index in [9.17, 15) is 0 Å². The SMILES string of the molecule is COc1ccc2nc(CCOC3CCNCC3)[nH]c2c1. The van der Waals surface area contributed by atoms with Crippen LogP contribution in [-0.2, 0) is 11.2 Å². The molecule has 0 radical (unpaired) electrons. The highest BCUT2D eigenvalue weighted by Crippen LogP contribution is 2.19. The van der Waals surface area contributed by atoms with Crippen molar-refractivity contribution in [3.63, 3.8) is 0 Å². The third kappa shape index (κ3) is 3.11. The van der Waals surface area contributed by atoms with Gasteiger partial charge in [0.25, 0.3) is 0 Å². The Morgan fingerprint density at radius 1 is 1.30 bits per heavy atom. The molecule has 0 bridgehead atoms. The molecule has 0 aliphatic carbocycles. The van der Waals surface area contributed by atoms with Crippen molar-refractivity contribution in [1.82, 2.24) is 15.3 Å². The van der Waals surface area contributed by atoms with E-state index in [2.05, 4.69) is 15.3 Å². The fraction of sp³-hybridized carbons (Fsp3) is 0.533. The van der Waals surface area contributed by atoms with Gasteiger partial charge in [0.05, 0.1) is 30.9 Å². The van der Waals surface area contributed by atoms with E-state index in [1.54, 1.807) is 7.11 Å². The normalized spacial score (nSPS) is 16.6. The number of hydrogen-bond acceptors (Lipinski definition) is 4. The summed E-state index contributed by atoms with van der Waals surface area (Å²) >= 11 is 0. The zero-order chi connectivity index (χ0) is 13.8. The Morgan fingerprint density at radius 3 is 2.95 bits per heavy atom. The molecule has 0 amide bonds. The van der Waals surface area contributed by atoms with Gasteiger partial charge in [0.1, 0.15) is 11.6 Å². The molecule has 1 aromatic carbocycles. The highest BCUT2D eigenvalue weighted by Gasteiger charge is 2.13. The predicted octanol–water partition coefficient (Wildman–Crippen LogP) is 1.88. The maximum atomic E-state index is 5.90. The summed E-state index contributed by atoms with van der Waals surface area (Å²) in [6.07, 6.45) is 3.44. The summed E-state index contributed by atoms with van der Waals surface area (Å²) in [6.45, 7) is 2.85. The van der Waals surface area contributed by atoms with Crippen LogP contribution in [0.1, 0.15) is 18.7 Å². The van der Waals surface area contributed by atoms with Gasteiger partial charge in [0, 0.05) is 12.5 Å². The lowest BCUT2D eigenvalue weighted by molar-refractivity contribution is 0.0343. The van der Waals surface area contributed by atoms with Crippen molar-refractivity contribution in [3.8, 4) is 5.75 Å². The van der Waals surface area contributed by atoms with E-state index in [1.165, 1.54) is 0 Å². The fourth-order valence-corrected chi connectivity index (χ4v) is 2.57. The van der Waals surface area contributed by atoms with Crippen LogP contribution in [-0.4, -0.2) is 42.9 Å². The number of hydrogen-bond donors (Lipinski definition) is 2. The maximum absolute atomic E-state index is 5.90. The number of fused-ring (bicyclic) bond motifs is 1. The molecule has 5 heteroatoms. The van der Waals surface area contributed by atoms with E-state index >= 15 is 0 Å². The molecule has 20 heavy (non-hydrogen) atoms. The number of ether oxygens (including phenoxy) is 2. The molecule has 1 aromatic heterocycles. The fourth-order valence-electron chi connectivity index (χ4n) is 2.57. The first-order chi connectivity index (χ1) is 9.85. The second kappa shape index (κ2) is 6.24. The third-order valence-electron chi connectivity index (χ3n) is 3.72. The molecule has 108 valence electrons. The number of aromatic nitrogens is 2. The average molecular weight is 275 g/mol. The highest BCUT2D eigenvalue weighted by molar-refractivity contribution is 5.76. The molecular formula is C15H21N3O2. The lowest BCUT2D eigenvalue weighted by atomic mass is 10.1. The zero-order valence-electron chi connectivity index (χ0n) is 11.8. The molecular weight excluding hydrogens is 254 g/mol. The molecule has 1 saturated heterocycles. The smallest absolute Gasteiger partial charge is 0.121 e. The van der Waals surface area contributed by atoms with Crippen molar-refractivity contribution < 1.29 is 9.47 Å². The van der Waals surface area contributed by atoms with Crippen molar-refractivity contribution in [1.29, 1.82) is 0 Å². The summed E-state index contributed by atoms with van der Waals surface area (Å²) in [5.74, 6) is 1.82. The van der Waals surface area contributed by atoms with Crippen LogP contribution < -0.4 is 10.1 Å². The second-order valence-corrected chi connectivity index (χ2v) is 5.14. The van der Waals surface area contributed by atoms with Gasteiger partial charge in [-0.3, -0.25) is 0 Å². The topological polar surface area (TPSA) is 59.2 Å². The zero-order valence-corrected chi connectivity index (χ0v) is 11.8. The number of H-pyrrole nitrogens is 1. The molecule has 0 unspecified atom stereocenters. The molecule has 2 heterocycles. The number of aromatic amines is 1. The average Bonchev–Trinajstić information content (AvgIpc) is 2.90. The summed E-state index contributed by atoms with van der Waals surface area (Å²) in [7, 11) is 1.67. The first kappa shape index (κ1) is 13.4. The summed E-state index contributed by atoms with van der Waals surface area (Å²) in [4.78, 5) is 7.89. The minimum absolute atomic E-state index is 0.403. The number of methoxy groups -OCH3 is 1. The Labute approximate surface area is 118 Å². The Kier molecular flexibility index (Phi) is 4.18. The standard InChI is InChI=1S/C15H21N3O2/c1-19-12-2-3-13-14(10-12)18-15(17-13)6-9-20-11-4-7-16-8-5-11/h2-3,10-11,16H,4-9H2,1H3,(H,17,18). The number of imidazole rings is 1. The quantitative estimate of drug-likeness (QED) is 0.875. The first-order valence-corrected chi connectivity index (χ1v) is 7.20. The molecule has 5 nitrogen and oxygen atoms in total. The van der Waals surface area contributed by atoms with Crippen molar-refractivity contribution in [2.24, 2.45) is 0 Å². The monoisotopic (exact) mass is 275 g/mol. The molecule has 1 fully saturated rings. The Bertz CT molecular complexity index is 561. The molecule has 0 saturated carbocycles. The van der Waals surface area contributed by atoms with E-state index in [-0.39, 0.29) is 0 Å². The van der Waals surface area contributed by atoms with Crippen LogP contribution in [0, 0.1) is 0 Å². The second-order valence-electron chi connectivity index (χ2n) is 5.14. The molecule has 1 aliphatic rings. The van der Waals surface area contributed by atoms with Gasteiger partial charge in [0.15, 0.2) is 0 Å². The lowest BCUT2D eigenvalue weighted by Gasteiger charge is -2.22. The highest BCUT2D eigenvalue weighted by atomic mass is 16.5. The summed E-state index contributed by atoms with van der Waals surface area (Å²) < 4.78 is 11.1. The van der Waals surface area contributed by atoms with Crippen molar-refractivity contribution in [2.45, 2.75) is 25.4 Å². The number of nitrogens with zero attached hydrogens (tertiary/aromatic N) is 1. The van der Waals surface area contributed by atoms with Crippen LogP contribution in [0.5, 0.6) is 5.75 Å². The van der Waals surface area contributed by atoms with Crippen LogP contribution in [0.4, 0.5) is 0 Å². The van der Waals surface area contributed by atoms with Crippen LogP contribution in [0.3, 0.4) is 0 Å². The van der Waals surface area contributed by atoms with Gasteiger partial charge in [-0.15, -0.1) is 0 Å². The molecule has 2 aromatic rings. The van der Waals surface area contributed by atoms with Gasteiger partial charge in [-0.2, -0.15) is 0 Å². The molecule has 2 N–H and O–H groups in total. The third-order valence-corrected chi connectivity index (χ3v) is 3.72. The van der Waals surface area contributed by atoms with Crippen LogP contribution in [0.15, 0.2) is 18.2 Å². The molecule has 3 rings (SSSR count). The maximum Gasteiger partial charge on any atom is 0.121 e. The molecule has 0 spiro atoms. The summed E-state index contributed by atoms with van der Waals surface area (Å²) in [5.41, 5.74) is 1.99. The Balaban J connectivity index is 1.57. The Morgan fingerprint density at radius 2 is 2.15 bits per heavy atom. The lowest BCUT2D eigenvalue weighted by Crippen LogP contribution is -2.32. The Hall–Kier alpha value is -1.59. The van der Waals surface area contributed by atoms with Gasteiger partial charge in [0.2, 0.25) is 0 Å². The van der Waals surface area contributed by atoms with Gasteiger partial charge in [-0.1, -0.05) is 0 Å². The predicted molar refractivity (Wildman–Crippen MR) is 78.2 cm³/mol. The van der Waals surface area contributed by atoms with Crippen molar-refractivity contribution in [3.05, 3.63) is 24.0 Å². The minimum atomic E-state index is 0.403. The summed E-state index contributed by atoms with van der Waals surface area (Å²) in [5, 5.41) is 3.34. The van der Waals surface area contributed by atoms with Crippen LogP contribution in [0.2, 0.25) is 0 Å². The van der Waals surface area contributed by atoms with Gasteiger partial charge >= 0.3 is 0 Å². The van der Waals surface area contributed by atoms with E-state index in [0.29, 0.717) is 6.10 Å². The number of nitrogens with one attached hydrogen (secondary N) is 2. The molecule has 0 atom stereocenters. The molecule has 1 aliphatic heterocycles. The van der Waals surface area contributed by atoms with Gasteiger partial charge in [-0.25, -0.2) is 4.98 Å². The number of rotatable bonds is 5. The number of benzene rings is 1. The van der Waals surface area contributed by atoms with Crippen LogP contribution >= 0.6 is 0 Å². The van der Waals surface area contributed by atoms with Gasteiger partial charge in [-0.05, 0) is 38.1 Å². The van der Waals surface area contributed by atoms with Crippen molar-refractivity contribution in [2.75, 3.05) is 26.8 Å². The first-order valence-electron chi connectivity index (χ1n) is 7.20. The van der Waals surface area contributed by atoms with E-state index < -0.39 is 0 Å².